The van der Waals surface area contributed by atoms with Crippen LogP contribution >= 0.6 is 11.6 Å². The lowest BCUT2D eigenvalue weighted by atomic mass is 9.87. The minimum Gasteiger partial charge on any atom is -0.489 e. The van der Waals surface area contributed by atoms with E-state index in [1.165, 1.54) is 5.56 Å². The first-order valence-corrected chi connectivity index (χ1v) is 6.81. The van der Waals surface area contributed by atoms with Crippen LogP contribution in [0.2, 0.25) is 5.02 Å². The third-order valence-corrected chi connectivity index (χ3v) is 3.25. The van der Waals surface area contributed by atoms with Gasteiger partial charge in [-0.05, 0) is 40.8 Å². The molecule has 0 fully saturated rings. The fraction of sp³-hybridized carbons (Fsp3) is 0.294. The van der Waals surface area contributed by atoms with E-state index in [0.29, 0.717) is 6.61 Å². The van der Waals surface area contributed by atoms with Gasteiger partial charge in [-0.15, -0.1) is 0 Å². The number of hydrogen-bond acceptors (Lipinski definition) is 1. The summed E-state index contributed by atoms with van der Waals surface area (Å²) >= 11 is 5.94. The Balaban J connectivity index is 2.01. The molecule has 0 aliphatic heterocycles. The molecule has 0 aliphatic rings. The molecule has 0 spiro atoms. The second kappa shape index (κ2) is 5.66. The van der Waals surface area contributed by atoms with Crippen LogP contribution in [-0.4, -0.2) is 0 Å². The summed E-state index contributed by atoms with van der Waals surface area (Å²) in [6.45, 7) is 7.15. The van der Waals surface area contributed by atoms with E-state index in [1.807, 2.05) is 36.4 Å². The largest absolute Gasteiger partial charge is 0.489 e. The van der Waals surface area contributed by atoms with E-state index in [2.05, 4.69) is 32.9 Å². The van der Waals surface area contributed by atoms with Gasteiger partial charge < -0.3 is 4.74 Å². The zero-order chi connectivity index (χ0) is 13.9. The van der Waals surface area contributed by atoms with Crippen LogP contribution < -0.4 is 4.74 Å². The van der Waals surface area contributed by atoms with E-state index in [9.17, 15) is 0 Å². The molecule has 19 heavy (non-hydrogen) atoms. The number of rotatable bonds is 3. The van der Waals surface area contributed by atoms with Crippen molar-refractivity contribution in [2.75, 3.05) is 0 Å². The van der Waals surface area contributed by atoms with Crippen molar-refractivity contribution in [1.29, 1.82) is 0 Å². The summed E-state index contributed by atoms with van der Waals surface area (Å²) in [5.41, 5.74) is 2.56. The van der Waals surface area contributed by atoms with Crippen molar-refractivity contribution in [3.05, 3.63) is 64.7 Å². The summed E-state index contributed by atoms with van der Waals surface area (Å²) in [5.74, 6) is 0.882. The maximum atomic E-state index is 5.94. The SMILES string of the molecule is CC(C)(C)c1ccc(OCc2cccc(Cl)c2)cc1. The summed E-state index contributed by atoms with van der Waals surface area (Å²) in [4.78, 5) is 0. The second-order valence-electron chi connectivity index (χ2n) is 5.69. The van der Waals surface area contributed by atoms with Gasteiger partial charge in [0, 0.05) is 5.02 Å². The van der Waals surface area contributed by atoms with Gasteiger partial charge in [0.25, 0.3) is 0 Å². The Morgan fingerprint density at radius 2 is 1.68 bits per heavy atom. The van der Waals surface area contributed by atoms with Gasteiger partial charge in [0.1, 0.15) is 12.4 Å². The minimum absolute atomic E-state index is 0.172. The van der Waals surface area contributed by atoms with Gasteiger partial charge in [-0.25, -0.2) is 0 Å². The van der Waals surface area contributed by atoms with Crippen molar-refractivity contribution in [2.45, 2.75) is 32.8 Å². The number of halogens is 1. The first-order valence-electron chi connectivity index (χ1n) is 6.43. The standard InChI is InChI=1S/C17H19ClO/c1-17(2,3)14-7-9-16(10-8-14)19-12-13-5-4-6-15(18)11-13/h4-11H,12H2,1-3H3. The summed E-state index contributed by atoms with van der Waals surface area (Å²) in [5, 5.41) is 0.740. The van der Waals surface area contributed by atoms with E-state index in [0.717, 1.165) is 16.3 Å². The molecule has 0 aliphatic carbocycles. The topological polar surface area (TPSA) is 9.23 Å². The Kier molecular flexibility index (Phi) is 4.16. The zero-order valence-electron chi connectivity index (χ0n) is 11.6. The lowest BCUT2D eigenvalue weighted by molar-refractivity contribution is 0.306. The lowest BCUT2D eigenvalue weighted by Crippen LogP contribution is -2.10. The molecule has 0 saturated heterocycles. The van der Waals surface area contributed by atoms with Crippen LogP contribution in [0, 0.1) is 0 Å². The summed E-state index contributed by atoms with van der Waals surface area (Å²) in [7, 11) is 0. The van der Waals surface area contributed by atoms with E-state index in [4.69, 9.17) is 16.3 Å². The average molecular weight is 275 g/mol. The third-order valence-electron chi connectivity index (χ3n) is 3.01. The van der Waals surface area contributed by atoms with E-state index >= 15 is 0 Å². The molecular formula is C17H19ClO. The highest BCUT2D eigenvalue weighted by Crippen LogP contribution is 2.24. The normalized spacial score (nSPS) is 11.4. The fourth-order valence-corrected chi connectivity index (χ4v) is 2.06. The van der Waals surface area contributed by atoms with Crippen molar-refractivity contribution in [3.8, 4) is 5.75 Å². The Hall–Kier alpha value is -1.47. The van der Waals surface area contributed by atoms with Gasteiger partial charge in [0.15, 0.2) is 0 Å². The molecule has 0 heterocycles. The molecule has 0 unspecified atom stereocenters. The van der Waals surface area contributed by atoms with Crippen LogP contribution in [0.15, 0.2) is 48.5 Å². The smallest absolute Gasteiger partial charge is 0.119 e. The third kappa shape index (κ3) is 4.00. The molecule has 2 aromatic rings. The second-order valence-corrected chi connectivity index (χ2v) is 6.13. The van der Waals surface area contributed by atoms with Crippen LogP contribution in [0.25, 0.3) is 0 Å². The molecule has 2 aromatic carbocycles. The maximum absolute atomic E-state index is 5.94. The molecule has 0 bridgehead atoms. The summed E-state index contributed by atoms with van der Waals surface area (Å²) in [6, 6.07) is 16.0. The van der Waals surface area contributed by atoms with Crippen LogP contribution in [0.1, 0.15) is 31.9 Å². The highest BCUT2D eigenvalue weighted by molar-refractivity contribution is 6.30. The Labute approximate surface area is 120 Å². The first kappa shape index (κ1) is 14.0. The zero-order valence-corrected chi connectivity index (χ0v) is 12.4. The van der Waals surface area contributed by atoms with E-state index in [1.54, 1.807) is 0 Å². The summed E-state index contributed by atoms with van der Waals surface area (Å²) in [6.07, 6.45) is 0. The molecule has 0 saturated carbocycles. The lowest BCUT2D eigenvalue weighted by Gasteiger charge is -2.19. The predicted molar refractivity (Wildman–Crippen MR) is 80.9 cm³/mol. The molecule has 0 amide bonds. The van der Waals surface area contributed by atoms with Gasteiger partial charge in [0.05, 0.1) is 0 Å². The highest BCUT2D eigenvalue weighted by atomic mass is 35.5. The molecular weight excluding hydrogens is 256 g/mol. The molecule has 2 heteroatoms. The number of hydrogen-bond donors (Lipinski definition) is 0. The van der Waals surface area contributed by atoms with Gasteiger partial charge in [0.2, 0.25) is 0 Å². The molecule has 100 valence electrons. The first-order chi connectivity index (χ1) is 8.95. The van der Waals surface area contributed by atoms with Gasteiger partial charge in [-0.2, -0.15) is 0 Å². The Morgan fingerprint density at radius 1 is 1.00 bits per heavy atom. The van der Waals surface area contributed by atoms with Gasteiger partial charge >= 0.3 is 0 Å². The van der Waals surface area contributed by atoms with Crippen LogP contribution in [0.5, 0.6) is 5.75 Å². The molecule has 2 rings (SSSR count). The quantitative estimate of drug-likeness (QED) is 0.746. The number of ether oxygens (including phenoxy) is 1. The van der Waals surface area contributed by atoms with Crippen molar-refractivity contribution in [1.82, 2.24) is 0 Å². The monoisotopic (exact) mass is 274 g/mol. The van der Waals surface area contributed by atoms with Gasteiger partial charge in [-0.3, -0.25) is 0 Å². The molecule has 0 aromatic heterocycles. The Morgan fingerprint density at radius 3 is 2.26 bits per heavy atom. The van der Waals surface area contributed by atoms with Crippen molar-refractivity contribution in [3.63, 3.8) is 0 Å². The van der Waals surface area contributed by atoms with E-state index < -0.39 is 0 Å². The highest BCUT2D eigenvalue weighted by Gasteiger charge is 2.12. The summed E-state index contributed by atoms with van der Waals surface area (Å²) < 4.78 is 5.76. The van der Waals surface area contributed by atoms with Crippen LogP contribution in [0.3, 0.4) is 0 Å². The number of benzene rings is 2. The predicted octanol–water partition coefficient (Wildman–Crippen LogP) is 5.22. The van der Waals surface area contributed by atoms with Crippen molar-refractivity contribution < 1.29 is 4.74 Å². The molecule has 0 N–H and O–H groups in total. The van der Waals surface area contributed by atoms with E-state index in [-0.39, 0.29) is 5.41 Å². The molecule has 1 nitrogen and oxygen atoms in total. The maximum Gasteiger partial charge on any atom is 0.119 e. The van der Waals surface area contributed by atoms with Crippen LogP contribution in [0.4, 0.5) is 0 Å². The fourth-order valence-electron chi connectivity index (χ4n) is 1.84. The Bertz CT molecular complexity index is 538. The van der Waals surface area contributed by atoms with Crippen molar-refractivity contribution >= 4 is 11.6 Å². The van der Waals surface area contributed by atoms with Crippen LogP contribution in [-0.2, 0) is 12.0 Å². The van der Waals surface area contributed by atoms with Crippen molar-refractivity contribution in [2.24, 2.45) is 0 Å². The molecule has 0 radical (unpaired) electrons. The molecule has 0 atom stereocenters. The van der Waals surface area contributed by atoms with Gasteiger partial charge in [-0.1, -0.05) is 56.6 Å². The average Bonchev–Trinajstić information content (AvgIpc) is 2.36. The minimum atomic E-state index is 0.172.